The van der Waals surface area contributed by atoms with Crippen molar-refractivity contribution in [3.63, 3.8) is 0 Å². The van der Waals surface area contributed by atoms with Gasteiger partial charge in [0.15, 0.2) is 0 Å². The molecule has 0 fully saturated rings. The summed E-state index contributed by atoms with van der Waals surface area (Å²) in [6.45, 7) is 6.97. The Kier molecular flexibility index (Phi) is 3.11. The molecule has 2 aromatic rings. The second-order valence-electron chi connectivity index (χ2n) is 4.82. The third-order valence-electron chi connectivity index (χ3n) is 3.20. The van der Waals surface area contributed by atoms with Gasteiger partial charge in [-0.1, -0.05) is 6.07 Å². The van der Waals surface area contributed by atoms with Crippen LogP contribution >= 0.6 is 0 Å². The third-order valence-corrected chi connectivity index (χ3v) is 3.20. The molecule has 0 unspecified atom stereocenters. The van der Waals surface area contributed by atoms with Crippen LogP contribution in [0.1, 0.15) is 31.0 Å². The predicted molar refractivity (Wildman–Crippen MR) is 71.5 cm³/mol. The first kappa shape index (κ1) is 12.0. The van der Waals surface area contributed by atoms with Crippen LogP contribution in [-0.4, -0.2) is 16.2 Å². The molecule has 0 aliphatic carbocycles. The number of rotatable bonds is 3. The Balaban J connectivity index is 2.80. The van der Waals surface area contributed by atoms with Crippen LogP contribution in [0.5, 0.6) is 5.75 Å². The van der Waals surface area contributed by atoms with E-state index in [0.29, 0.717) is 18.3 Å². The van der Waals surface area contributed by atoms with Gasteiger partial charge in [0.25, 0.3) is 0 Å². The molecule has 0 bridgehead atoms. The molecule has 1 aromatic heterocycles. The van der Waals surface area contributed by atoms with Gasteiger partial charge in [-0.05, 0) is 50.9 Å². The van der Waals surface area contributed by atoms with E-state index in [2.05, 4.69) is 31.5 Å². The minimum atomic E-state index is 0.355. The number of benzene rings is 1. The minimum Gasteiger partial charge on any atom is -0.507 e. The van der Waals surface area contributed by atoms with E-state index in [1.165, 1.54) is 5.56 Å². The maximum Gasteiger partial charge on any atom is 0.125 e. The Labute approximate surface area is 102 Å². The second kappa shape index (κ2) is 4.41. The van der Waals surface area contributed by atoms with Gasteiger partial charge >= 0.3 is 0 Å². The average Bonchev–Trinajstić information content (AvgIpc) is 2.65. The van der Waals surface area contributed by atoms with Gasteiger partial charge in [0.1, 0.15) is 5.75 Å². The molecular weight excluding hydrogens is 212 g/mol. The summed E-state index contributed by atoms with van der Waals surface area (Å²) in [6.07, 6.45) is 2.92. The first-order chi connectivity index (χ1) is 8.06. The number of aromatic hydroxyl groups is 1. The van der Waals surface area contributed by atoms with E-state index in [4.69, 9.17) is 5.73 Å². The molecule has 17 heavy (non-hydrogen) atoms. The number of hydrogen-bond donors (Lipinski definition) is 2. The number of nitrogens with zero attached hydrogens (tertiary/aromatic N) is 1. The lowest BCUT2D eigenvalue weighted by Gasteiger charge is -2.11. The highest BCUT2D eigenvalue weighted by Crippen LogP contribution is 2.34. The molecule has 2 rings (SSSR count). The van der Waals surface area contributed by atoms with Crippen LogP contribution in [0.15, 0.2) is 18.3 Å². The molecule has 0 radical (unpaired) electrons. The summed E-state index contributed by atoms with van der Waals surface area (Å²) in [7, 11) is 0. The number of phenolic OH excluding ortho intramolecular Hbond substituents is 1. The summed E-state index contributed by atoms with van der Waals surface area (Å²) < 4.78 is 2.22. The maximum absolute atomic E-state index is 10.0. The normalized spacial score (nSPS) is 11.6. The monoisotopic (exact) mass is 232 g/mol. The lowest BCUT2D eigenvalue weighted by atomic mass is 10.1. The molecule has 1 heterocycles. The Bertz CT molecular complexity index is 541. The van der Waals surface area contributed by atoms with Crippen molar-refractivity contribution in [1.29, 1.82) is 0 Å². The zero-order valence-corrected chi connectivity index (χ0v) is 10.7. The summed E-state index contributed by atoms with van der Waals surface area (Å²) in [4.78, 5) is 0. The standard InChI is InChI=1S/C14H20N2O/c1-9(2)16-8-11(6-7-15)13-12(17)5-4-10(3)14(13)16/h4-5,8-9,17H,6-7,15H2,1-3H3. The molecule has 3 heteroatoms. The van der Waals surface area contributed by atoms with Crippen LogP contribution in [0.25, 0.3) is 10.9 Å². The molecule has 92 valence electrons. The van der Waals surface area contributed by atoms with E-state index in [1.54, 1.807) is 6.07 Å². The summed E-state index contributed by atoms with van der Waals surface area (Å²) in [6, 6.07) is 4.11. The third kappa shape index (κ3) is 1.91. The zero-order chi connectivity index (χ0) is 12.6. The molecule has 0 saturated heterocycles. The van der Waals surface area contributed by atoms with E-state index in [0.717, 1.165) is 22.9 Å². The molecule has 0 aliphatic rings. The summed E-state index contributed by atoms with van der Waals surface area (Å²) in [5, 5.41) is 11.0. The summed E-state index contributed by atoms with van der Waals surface area (Å²) in [5.74, 6) is 0.355. The van der Waals surface area contributed by atoms with Crippen molar-refractivity contribution in [2.75, 3.05) is 6.54 Å². The first-order valence-electron chi connectivity index (χ1n) is 6.08. The smallest absolute Gasteiger partial charge is 0.125 e. The van der Waals surface area contributed by atoms with Crippen molar-refractivity contribution in [1.82, 2.24) is 4.57 Å². The number of phenols is 1. The number of hydrogen-bond acceptors (Lipinski definition) is 2. The van der Waals surface area contributed by atoms with Crippen LogP contribution in [0.2, 0.25) is 0 Å². The van der Waals surface area contributed by atoms with Gasteiger partial charge in [-0.3, -0.25) is 0 Å². The number of aromatic nitrogens is 1. The summed E-state index contributed by atoms with van der Waals surface area (Å²) >= 11 is 0. The molecular formula is C14H20N2O. The summed E-state index contributed by atoms with van der Waals surface area (Å²) in [5.41, 5.74) is 9.09. The highest BCUT2D eigenvalue weighted by Gasteiger charge is 2.15. The number of fused-ring (bicyclic) bond motifs is 1. The highest BCUT2D eigenvalue weighted by molar-refractivity contribution is 5.92. The van der Waals surface area contributed by atoms with E-state index >= 15 is 0 Å². The molecule has 0 saturated carbocycles. The van der Waals surface area contributed by atoms with Gasteiger partial charge in [0, 0.05) is 17.6 Å². The van der Waals surface area contributed by atoms with E-state index in [-0.39, 0.29) is 0 Å². The van der Waals surface area contributed by atoms with Crippen LogP contribution in [0, 0.1) is 6.92 Å². The largest absolute Gasteiger partial charge is 0.507 e. The topological polar surface area (TPSA) is 51.2 Å². The maximum atomic E-state index is 10.0. The van der Waals surface area contributed by atoms with Crippen molar-refractivity contribution < 1.29 is 5.11 Å². The Morgan fingerprint density at radius 2 is 2.06 bits per heavy atom. The molecule has 3 N–H and O–H groups in total. The molecule has 1 aromatic carbocycles. The fourth-order valence-electron chi connectivity index (χ4n) is 2.38. The lowest BCUT2D eigenvalue weighted by molar-refractivity contribution is 0.481. The Morgan fingerprint density at radius 1 is 1.35 bits per heavy atom. The van der Waals surface area contributed by atoms with Crippen LogP contribution in [-0.2, 0) is 6.42 Å². The Morgan fingerprint density at radius 3 is 2.65 bits per heavy atom. The van der Waals surface area contributed by atoms with Gasteiger partial charge < -0.3 is 15.4 Å². The quantitative estimate of drug-likeness (QED) is 0.855. The molecule has 0 spiro atoms. The van der Waals surface area contributed by atoms with E-state index in [9.17, 15) is 5.11 Å². The van der Waals surface area contributed by atoms with Gasteiger partial charge in [-0.25, -0.2) is 0 Å². The fraction of sp³-hybridized carbons (Fsp3) is 0.429. The van der Waals surface area contributed by atoms with Crippen LogP contribution < -0.4 is 5.73 Å². The van der Waals surface area contributed by atoms with Crippen molar-refractivity contribution in [3.05, 3.63) is 29.5 Å². The van der Waals surface area contributed by atoms with Crippen molar-refractivity contribution in [2.45, 2.75) is 33.2 Å². The van der Waals surface area contributed by atoms with Gasteiger partial charge in [0.2, 0.25) is 0 Å². The molecule has 0 atom stereocenters. The average molecular weight is 232 g/mol. The van der Waals surface area contributed by atoms with E-state index in [1.807, 2.05) is 6.07 Å². The van der Waals surface area contributed by atoms with Gasteiger partial charge in [-0.2, -0.15) is 0 Å². The van der Waals surface area contributed by atoms with Crippen molar-refractivity contribution >= 4 is 10.9 Å². The minimum absolute atomic E-state index is 0.355. The Hall–Kier alpha value is -1.48. The number of aryl methyl sites for hydroxylation is 1. The molecule has 0 amide bonds. The fourth-order valence-corrected chi connectivity index (χ4v) is 2.38. The van der Waals surface area contributed by atoms with Gasteiger partial charge in [-0.15, -0.1) is 0 Å². The first-order valence-corrected chi connectivity index (χ1v) is 6.08. The van der Waals surface area contributed by atoms with Crippen LogP contribution in [0.3, 0.4) is 0 Å². The zero-order valence-electron chi connectivity index (χ0n) is 10.7. The highest BCUT2D eigenvalue weighted by atomic mass is 16.3. The number of nitrogens with two attached hydrogens (primary N) is 1. The van der Waals surface area contributed by atoms with Crippen molar-refractivity contribution in [2.24, 2.45) is 5.73 Å². The predicted octanol–water partition coefficient (Wildman–Crippen LogP) is 2.74. The lowest BCUT2D eigenvalue weighted by Crippen LogP contribution is -2.02. The van der Waals surface area contributed by atoms with Gasteiger partial charge in [0.05, 0.1) is 5.52 Å². The van der Waals surface area contributed by atoms with Crippen LogP contribution in [0.4, 0.5) is 0 Å². The molecule has 3 nitrogen and oxygen atoms in total. The SMILES string of the molecule is Cc1ccc(O)c2c(CCN)cn(C(C)C)c12. The van der Waals surface area contributed by atoms with Crippen molar-refractivity contribution in [3.8, 4) is 5.75 Å². The second-order valence-corrected chi connectivity index (χ2v) is 4.82. The molecule has 0 aliphatic heterocycles. The van der Waals surface area contributed by atoms with E-state index < -0.39 is 0 Å².